The van der Waals surface area contributed by atoms with Crippen molar-refractivity contribution in [2.75, 3.05) is 20.3 Å². The van der Waals surface area contributed by atoms with Crippen molar-refractivity contribution < 1.29 is 19.0 Å². The first kappa shape index (κ1) is 21.4. The third-order valence-corrected chi connectivity index (χ3v) is 4.78. The summed E-state index contributed by atoms with van der Waals surface area (Å²) >= 11 is 0. The molecule has 0 heterocycles. The van der Waals surface area contributed by atoms with Crippen LogP contribution in [0.25, 0.3) is 16.8 Å². The minimum Gasteiger partial charge on any atom is -0.497 e. The van der Waals surface area contributed by atoms with Crippen LogP contribution in [0.1, 0.15) is 42.6 Å². The molecule has 0 aromatic heterocycles. The number of carbonyl (C=O) groups is 1. The molecule has 0 bridgehead atoms. The minimum absolute atomic E-state index is 0.0473. The van der Waals surface area contributed by atoms with Gasteiger partial charge in [0.05, 0.1) is 20.3 Å². The standard InChI is InChI=1S/C26H28O4/c1-4-6-15-30-25-14-8-19(16-26(25)29-5-2)7-13-24(27)22-10-9-21-18-23(28-3)12-11-20(21)17-22/h7-14,16-18H,4-6,15H2,1-3H3/b13-7+. The number of hydrogen-bond acceptors (Lipinski definition) is 4. The van der Waals surface area contributed by atoms with Gasteiger partial charge in [-0.05, 0) is 66.1 Å². The van der Waals surface area contributed by atoms with E-state index in [4.69, 9.17) is 14.2 Å². The number of allylic oxidation sites excluding steroid dienone is 1. The molecule has 4 nitrogen and oxygen atoms in total. The van der Waals surface area contributed by atoms with Gasteiger partial charge in [-0.25, -0.2) is 0 Å². The molecule has 3 aromatic carbocycles. The zero-order valence-corrected chi connectivity index (χ0v) is 17.8. The first-order chi connectivity index (χ1) is 14.6. The van der Waals surface area contributed by atoms with Gasteiger partial charge in [0.15, 0.2) is 17.3 Å². The van der Waals surface area contributed by atoms with Gasteiger partial charge in [0.1, 0.15) is 5.75 Å². The third kappa shape index (κ3) is 5.41. The number of ketones is 1. The number of rotatable bonds is 10. The predicted octanol–water partition coefficient (Wildman–Crippen LogP) is 6.32. The summed E-state index contributed by atoms with van der Waals surface area (Å²) in [5.74, 6) is 2.18. The third-order valence-electron chi connectivity index (χ3n) is 4.78. The van der Waals surface area contributed by atoms with Gasteiger partial charge in [-0.2, -0.15) is 0 Å². The summed E-state index contributed by atoms with van der Waals surface area (Å²) in [6.07, 6.45) is 5.47. The summed E-state index contributed by atoms with van der Waals surface area (Å²) in [5.41, 5.74) is 1.54. The van der Waals surface area contributed by atoms with E-state index in [-0.39, 0.29) is 5.78 Å². The van der Waals surface area contributed by atoms with Crippen LogP contribution in [0, 0.1) is 0 Å². The summed E-state index contributed by atoms with van der Waals surface area (Å²) in [5, 5.41) is 2.04. The Labute approximate surface area is 178 Å². The number of carbonyl (C=O) groups excluding carboxylic acids is 1. The van der Waals surface area contributed by atoms with Crippen molar-refractivity contribution in [3.05, 3.63) is 71.8 Å². The molecular formula is C26H28O4. The van der Waals surface area contributed by atoms with Gasteiger partial charge >= 0.3 is 0 Å². The van der Waals surface area contributed by atoms with Crippen LogP contribution in [0.4, 0.5) is 0 Å². The molecule has 0 N–H and O–H groups in total. The average molecular weight is 405 g/mol. The van der Waals surface area contributed by atoms with Crippen LogP contribution in [0.3, 0.4) is 0 Å². The zero-order chi connectivity index (χ0) is 21.3. The lowest BCUT2D eigenvalue weighted by Gasteiger charge is -2.12. The van der Waals surface area contributed by atoms with E-state index in [1.54, 1.807) is 19.3 Å². The van der Waals surface area contributed by atoms with Crippen molar-refractivity contribution in [1.29, 1.82) is 0 Å². The Bertz CT molecular complexity index is 1040. The highest BCUT2D eigenvalue weighted by molar-refractivity contribution is 6.08. The van der Waals surface area contributed by atoms with E-state index in [9.17, 15) is 4.79 Å². The van der Waals surface area contributed by atoms with Gasteiger partial charge < -0.3 is 14.2 Å². The molecule has 0 unspecified atom stereocenters. The van der Waals surface area contributed by atoms with Crippen molar-refractivity contribution in [3.8, 4) is 17.2 Å². The molecule has 30 heavy (non-hydrogen) atoms. The van der Waals surface area contributed by atoms with E-state index in [2.05, 4.69) is 6.92 Å². The number of ether oxygens (including phenoxy) is 3. The molecule has 0 radical (unpaired) electrons. The molecule has 3 aromatic rings. The topological polar surface area (TPSA) is 44.8 Å². The van der Waals surface area contributed by atoms with Gasteiger partial charge in [0.2, 0.25) is 0 Å². The highest BCUT2D eigenvalue weighted by Crippen LogP contribution is 2.29. The molecule has 0 fully saturated rings. The molecule has 4 heteroatoms. The Morgan fingerprint density at radius 1 is 0.900 bits per heavy atom. The molecule has 3 rings (SSSR count). The van der Waals surface area contributed by atoms with Crippen LogP contribution in [0.2, 0.25) is 0 Å². The van der Waals surface area contributed by atoms with Gasteiger partial charge in [-0.15, -0.1) is 0 Å². The summed E-state index contributed by atoms with van der Waals surface area (Å²) < 4.78 is 16.8. The lowest BCUT2D eigenvalue weighted by Crippen LogP contribution is -2.01. The van der Waals surface area contributed by atoms with E-state index in [1.807, 2.05) is 61.5 Å². The number of methoxy groups -OCH3 is 1. The number of fused-ring (bicyclic) bond motifs is 1. The van der Waals surface area contributed by atoms with Crippen molar-refractivity contribution in [2.24, 2.45) is 0 Å². The van der Waals surface area contributed by atoms with E-state index in [0.717, 1.165) is 40.7 Å². The number of benzene rings is 3. The second-order valence-corrected chi connectivity index (χ2v) is 6.97. The second kappa shape index (κ2) is 10.5. The molecule has 0 amide bonds. The van der Waals surface area contributed by atoms with Crippen molar-refractivity contribution in [1.82, 2.24) is 0 Å². The average Bonchev–Trinajstić information content (AvgIpc) is 2.78. The fourth-order valence-corrected chi connectivity index (χ4v) is 3.11. The maximum absolute atomic E-state index is 12.7. The molecule has 0 aliphatic heterocycles. The van der Waals surface area contributed by atoms with Gasteiger partial charge in [0.25, 0.3) is 0 Å². The smallest absolute Gasteiger partial charge is 0.185 e. The Balaban J connectivity index is 1.76. The summed E-state index contributed by atoms with van der Waals surface area (Å²) in [7, 11) is 1.64. The largest absolute Gasteiger partial charge is 0.497 e. The second-order valence-electron chi connectivity index (χ2n) is 6.97. The lowest BCUT2D eigenvalue weighted by atomic mass is 10.0. The normalized spacial score (nSPS) is 11.0. The van der Waals surface area contributed by atoms with Crippen LogP contribution in [0.5, 0.6) is 17.2 Å². The van der Waals surface area contributed by atoms with Crippen LogP contribution >= 0.6 is 0 Å². The van der Waals surface area contributed by atoms with Crippen molar-refractivity contribution in [2.45, 2.75) is 26.7 Å². The van der Waals surface area contributed by atoms with Crippen LogP contribution < -0.4 is 14.2 Å². The van der Waals surface area contributed by atoms with Gasteiger partial charge in [0, 0.05) is 5.56 Å². The Hall–Kier alpha value is -3.27. The van der Waals surface area contributed by atoms with Crippen molar-refractivity contribution in [3.63, 3.8) is 0 Å². The first-order valence-electron chi connectivity index (χ1n) is 10.3. The minimum atomic E-state index is -0.0473. The molecule has 0 aliphatic carbocycles. The highest BCUT2D eigenvalue weighted by Gasteiger charge is 2.07. The van der Waals surface area contributed by atoms with E-state index < -0.39 is 0 Å². The van der Waals surface area contributed by atoms with Crippen LogP contribution in [0.15, 0.2) is 60.7 Å². The highest BCUT2D eigenvalue weighted by atomic mass is 16.5. The Morgan fingerprint density at radius 3 is 2.47 bits per heavy atom. The van der Waals surface area contributed by atoms with E-state index >= 15 is 0 Å². The summed E-state index contributed by atoms with van der Waals surface area (Å²) in [4.78, 5) is 12.7. The molecular weight excluding hydrogens is 376 g/mol. The molecule has 156 valence electrons. The van der Waals surface area contributed by atoms with E-state index in [0.29, 0.717) is 24.5 Å². The monoisotopic (exact) mass is 404 g/mol. The molecule has 0 aliphatic rings. The Kier molecular flexibility index (Phi) is 7.50. The quantitative estimate of drug-likeness (QED) is 0.225. The Morgan fingerprint density at radius 2 is 1.70 bits per heavy atom. The van der Waals surface area contributed by atoms with Gasteiger partial charge in [-0.1, -0.05) is 43.7 Å². The fourth-order valence-electron chi connectivity index (χ4n) is 3.11. The van der Waals surface area contributed by atoms with Crippen LogP contribution in [-0.2, 0) is 0 Å². The predicted molar refractivity (Wildman–Crippen MR) is 122 cm³/mol. The number of hydrogen-bond donors (Lipinski definition) is 0. The molecule has 0 atom stereocenters. The SMILES string of the molecule is CCCCOc1ccc(/C=C/C(=O)c2ccc3cc(OC)ccc3c2)cc1OCC. The maximum Gasteiger partial charge on any atom is 0.185 e. The summed E-state index contributed by atoms with van der Waals surface area (Å²) in [6.45, 7) is 5.29. The zero-order valence-electron chi connectivity index (χ0n) is 17.8. The lowest BCUT2D eigenvalue weighted by molar-refractivity contribution is 0.104. The van der Waals surface area contributed by atoms with Crippen molar-refractivity contribution >= 4 is 22.6 Å². The fraction of sp³-hybridized carbons (Fsp3) is 0.269. The summed E-state index contributed by atoms with van der Waals surface area (Å²) in [6, 6.07) is 17.2. The molecule has 0 spiro atoms. The molecule has 0 saturated carbocycles. The van der Waals surface area contributed by atoms with Gasteiger partial charge in [-0.3, -0.25) is 4.79 Å². The number of unbranched alkanes of at least 4 members (excludes halogenated alkanes) is 1. The van der Waals surface area contributed by atoms with E-state index in [1.165, 1.54) is 0 Å². The van der Waals surface area contributed by atoms with Crippen LogP contribution in [-0.4, -0.2) is 26.1 Å². The first-order valence-corrected chi connectivity index (χ1v) is 10.3. The molecule has 0 saturated heterocycles. The maximum atomic E-state index is 12.7.